The number of anilines is 1. The maximum atomic E-state index is 6.04. The fraction of sp³-hybridized carbons (Fsp3) is 0.308. The van der Waals surface area contributed by atoms with Gasteiger partial charge in [-0.15, -0.1) is 11.3 Å². The number of thiazole rings is 1. The van der Waals surface area contributed by atoms with Crippen molar-refractivity contribution >= 4 is 27.9 Å². The highest BCUT2D eigenvalue weighted by Crippen LogP contribution is 2.35. The van der Waals surface area contributed by atoms with Gasteiger partial charge in [-0.3, -0.25) is 0 Å². The third-order valence-corrected chi connectivity index (χ3v) is 4.03. The Labute approximate surface area is 110 Å². The smallest absolute Gasteiger partial charge is 0.114 e. The van der Waals surface area contributed by atoms with Gasteiger partial charge in [0, 0.05) is 16.5 Å². The van der Waals surface area contributed by atoms with E-state index in [0.717, 1.165) is 31.9 Å². The molecule has 1 aromatic carbocycles. The van der Waals surface area contributed by atoms with E-state index in [0.29, 0.717) is 5.92 Å². The summed E-state index contributed by atoms with van der Waals surface area (Å²) in [6.07, 6.45) is 0. The summed E-state index contributed by atoms with van der Waals surface area (Å²) < 4.78 is 0. The minimum absolute atomic E-state index is 0.406. The van der Waals surface area contributed by atoms with E-state index in [1.54, 1.807) is 11.3 Å². The zero-order valence-corrected chi connectivity index (χ0v) is 11.7. The van der Waals surface area contributed by atoms with Crippen LogP contribution in [0, 0.1) is 6.92 Å². The van der Waals surface area contributed by atoms with Crippen molar-refractivity contribution in [2.24, 2.45) is 0 Å². The minimum atomic E-state index is 0.406. The van der Waals surface area contributed by atoms with Gasteiger partial charge in [0.15, 0.2) is 0 Å². The van der Waals surface area contributed by atoms with Crippen molar-refractivity contribution in [1.82, 2.24) is 4.98 Å². The molecule has 2 rings (SSSR count). The molecule has 0 fully saturated rings. The highest BCUT2D eigenvalue weighted by atomic mass is 35.5. The Balaban J connectivity index is 2.52. The Morgan fingerprint density at radius 3 is 2.59 bits per heavy atom. The monoisotopic (exact) mass is 266 g/mol. The van der Waals surface area contributed by atoms with Crippen LogP contribution in [0.5, 0.6) is 0 Å². The lowest BCUT2D eigenvalue weighted by atomic mass is 10.1. The molecule has 2 N–H and O–H groups in total. The van der Waals surface area contributed by atoms with E-state index in [-0.39, 0.29) is 0 Å². The van der Waals surface area contributed by atoms with Crippen molar-refractivity contribution < 1.29 is 0 Å². The third kappa shape index (κ3) is 2.45. The summed E-state index contributed by atoms with van der Waals surface area (Å²) in [5, 5.41) is 2.59. The van der Waals surface area contributed by atoms with Gasteiger partial charge >= 0.3 is 0 Å². The summed E-state index contributed by atoms with van der Waals surface area (Å²) in [7, 11) is 0. The minimum Gasteiger partial charge on any atom is -0.389 e. The molecule has 0 bridgehead atoms. The molecule has 2 aromatic rings. The zero-order chi connectivity index (χ0) is 12.6. The van der Waals surface area contributed by atoms with E-state index in [9.17, 15) is 0 Å². The molecule has 0 aliphatic carbocycles. The second-order valence-electron chi connectivity index (χ2n) is 4.38. The van der Waals surface area contributed by atoms with Crippen LogP contribution in [0.4, 0.5) is 5.00 Å². The maximum Gasteiger partial charge on any atom is 0.114 e. The van der Waals surface area contributed by atoms with E-state index in [1.807, 2.05) is 25.1 Å². The first-order valence-corrected chi connectivity index (χ1v) is 6.71. The fourth-order valence-corrected chi connectivity index (χ4v) is 2.76. The standard InChI is InChI=1S/C13H15ClN2S/c1-7(2)13-16-11(12(15)17-13)10-5-4-9(14)6-8(10)3/h4-7H,15H2,1-3H3. The van der Waals surface area contributed by atoms with Gasteiger partial charge in [-0.25, -0.2) is 4.98 Å². The Bertz CT molecular complexity index is 546. The number of nitrogens with two attached hydrogens (primary N) is 1. The van der Waals surface area contributed by atoms with Crippen LogP contribution in [0.15, 0.2) is 18.2 Å². The first-order valence-electron chi connectivity index (χ1n) is 5.51. The number of nitrogen functional groups attached to an aromatic ring is 1. The van der Waals surface area contributed by atoms with E-state index in [2.05, 4.69) is 18.8 Å². The van der Waals surface area contributed by atoms with Crippen molar-refractivity contribution in [3.63, 3.8) is 0 Å². The van der Waals surface area contributed by atoms with E-state index >= 15 is 0 Å². The summed E-state index contributed by atoms with van der Waals surface area (Å²) in [4.78, 5) is 4.62. The van der Waals surface area contributed by atoms with Crippen LogP contribution >= 0.6 is 22.9 Å². The predicted octanol–water partition coefficient (Wildman–Crippen LogP) is 4.48. The average Bonchev–Trinajstić information content (AvgIpc) is 2.61. The molecule has 0 amide bonds. The number of aryl methyl sites for hydroxylation is 1. The molecule has 0 atom stereocenters. The molecule has 0 aliphatic rings. The van der Waals surface area contributed by atoms with Gasteiger partial charge in [0.25, 0.3) is 0 Å². The van der Waals surface area contributed by atoms with Gasteiger partial charge < -0.3 is 5.73 Å². The highest BCUT2D eigenvalue weighted by molar-refractivity contribution is 7.16. The summed E-state index contributed by atoms with van der Waals surface area (Å²) in [5.74, 6) is 0.406. The van der Waals surface area contributed by atoms with Gasteiger partial charge in [-0.05, 0) is 24.6 Å². The number of nitrogens with zero attached hydrogens (tertiary/aromatic N) is 1. The Morgan fingerprint density at radius 2 is 2.06 bits per heavy atom. The van der Waals surface area contributed by atoms with Crippen molar-refractivity contribution in [2.75, 3.05) is 5.73 Å². The van der Waals surface area contributed by atoms with Crippen LogP contribution in [-0.2, 0) is 0 Å². The Hall–Kier alpha value is -1.06. The van der Waals surface area contributed by atoms with E-state index in [4.69, 9.17) is 17.3 Å². The second-order valence-corrected chi connectivity index (χ2v) is 5.88. The van der Waals surface area contributed by atoms with Crippen LogP contribution in [-0.4, -0.2) is 4.98 Å². The summed E-state index contributed by atoms with van der Waals surface area (Å²) in [5.41, 5.74) is 9.09. The fourth-order valence-electron chi connectivity index (χ4n) is 1.68. The summed E-state index contributed by atoms with van der Waals surface area (Å²) in [6, 6.07) is 5.79. The van der Waals surface area contributed by atoms with Crippen molar-refractivity contribution in [3.05, 3.63) is 33.8 Å². The highest BCUT2D eigenvalue weighted by Gasteiger charge is 2.14. The van der Waals surface area contributed by atoms with Crippen LogP contribution < -0.4 is 5.73 Å². The molecule has 1 heterocycles. The van der Waals surface area contributed by atoms with Crippen molar-refractivity contribution in [1.29, 1.82) is 0 Å². The van der Waals surface area contributed by atoms with Crippen LogP contribution in [0.25, 0.3) is 11.3 Å². The van der Waals surface area contributed by atoms with E-state index in [1.165, 1.54) is 0 Å². The topological polar surface area (TPSA) is 38.9 Å². The van der Waals surface area contributed by atoms with Crippen LogP contribution in [0.1, 0.15) is 30.3 Å². The van der Waals surface area contributed by atoms with Gasteiger partial charge in [-0.1, -0.05) is 31.5 Å². The van der Waals surface area contributed by atoms with Gasteiger partial charge in [0.1, 0.15) is 10.7 Å². The molecule has 0 spiro atoms. The molecule has 0 aliphatic heterocycles. The third-order valence-electron chi connectivity index (χ3n) is 2.61. The molecular formula is C13H15ClN2S. The SMILES string of the molecule is Cc1cc(Cl)ccc1-c1nc(C(C)C)sc1N. The molecule has 17 heavy (non-hydrogen) atoms. The Morgan fingerprint density at radius 1 is 1.35 bits per heavy atom. The number of benzene rings is 1. The van der Waals surface area contributed by atoms with Crippen molar-refractivity contribution in [2.45, 2.75) is 26.7 Å². The first-order chi connectivity index (χ1) is 7.99. The number of aromatic nitrogens is 1. The number of halogens is 1. The molecule has 0 saturated heterocycles. The van der Waals surface area contributed by atoms with Gasteiger partial charge in [0.05, 0.1) is 5.01 Å². The molecule has 2 nitrogen and oxygen atoms in total. The molecule has 0 unspecified atom stereocenters. The zero-order valence-electron chi connectivity index (χ0n) is 10.1. The Kier molecular flexibility index (Phi) is 3.40. The normalized spacial score (nSPS) is 11.1. The molecule has 0 saturated carbocycles. The quantitative estimate of drug-likeness (QED) is 0.871. The largest absolute Gasteiger partial charge is 0.389 e. The maximum absolute atomic E-state index is 6.04. The lowest BCUT2D eigenvalue weighted by molar-refractivity contribution is 0.853. The summed E-state index contributed by atoms with van der Waals surface area (Å²) >= 11 is 7.51. The number of hydrogen-bond donors (Lipinski definition) is 1. The lowest BCUT2D eigenvalue weighted by Crippen LogP contribution is -1.90. The molecule has 4 heteroatoms. The predicted molar refractivity (Wildman–Crippen MR) is 75.8 cm³/mol. The van der Waals surface area contributed by atoms with Crippen LogP contribution in [0.2, 0.25) is 5.02 Å². The van der Waals surface area contributed by atoms with Crippen LogP contribution in [0.3, 0.4) is 0 Å². The molecule has 90 valence electrons. The van der Waals surface area contributed by atoms with Gasteiger partial charge in [-0.2, -0.15) is 0 Å². The molecule has 1 aromatic heterocycles. The first kappa shape index (κ1) is 12.4. The summed E-state index contributed by atoms with van der Waals surface area (Å²) in [6.45, 7) is 6.27. The van der Waals surface area contributed by atoms with Gasteiger partial charge in [0.2, 0.25) is 0 Å². The second kappa shape index (κ2) is 4.67. The molecular weight excluding hydrogens is 252 g/mol. The van der Waals surface area contributed by atoms with E-state index < -0.39 is 0 Å². The number of hydrogen-bond acceptors (Lipinski definition) is 3. The number of rotatable bonds is 2. The average molecular weight is 267 g/mol. The molecule has 0 radical (unpaired) electrons. The van der Waals surface area contributed by atoms with Crippen molar-refractivity contribution in [3.8, 4) is 11.3 Å². The lowest BCUT2D eigenvalue weighted by Gasteiger charge is -2.04.